The van der Waals surface area contributed by atoms with Crippen molar-refractivity contribution in [2.75, 3.05) is 18.0 Å². The van der Waals surface area contributed by atoms with Crippen LogP contribution in [0.15, 0.2) is 18.2 Å². The number of hydrogen-bond donors (Lipinski definition) is 0. The van der Waals surface area contributed by atoms with Crippen LogP contribution in [0.5, 0.6) is 0 Å². The molecular weight excluding hydrogens is 189 g/mol. The summed E-state index contributed by atoms with van der Waals surface area (Å²) in [7, 11) is 0. The molecule has 1 aliphatic heterocycles. The van der Waals surface area contributed by atoms with E-state index in [4.69, 9.17) is 0 Å². The zero-order valence-corrected chi connectivity index (χ0v) is 9.46. The van der Waals surface area contributed by atoms with Gasteiger partial charge in [0.25, 0.3) is 0 Å². The van der Waals surface area contributed by atoms with Crippen molar-refractivity contribution in [1.82, 2.24) is 0 Å². The number of rotatable bonds is 2. The Balaban J connectivity index is 2.37. The maximum Gasteiger partial charge on any atom is 0.125 e. The van der Waals surface area contributed by atoms with Gasteiger partial charge in [-0.05, 0) is 36.5 Å². The van der Waals surface area contributed by atoms with E-state index in [1.54, 1.807) is 12.1 Å². The van der Waals surface area contributed by atoms with Crippen molar-refractivity contribution in [2.45, 2.75) is 32.6 Å². The Morgan fingerprint density at radius 1 is 1.20 bits per heavy atom. The second-order valence-electron chi connectivity index (χ2n) is 4.55. The highest BCUT2D eigenvalue weighted by atomic mass is 19.1. The molecule has 0 aromatic heterocycles. The lowest BCUT2D eigenvalue weighted by Gasteiger charge is -2.23. The Hall–Kier alpha value is -1.05. The molecular formula is C13H18FN. The van der Waals surface area contributed by atoms with E-state index in [1.165, 1.54) is 18.4 Å². The molecule has 1 aromatic rings. The van der Waals surface area contributed by atoms with E-state index in [9.17, 15) is 4.39 Å². The molecule has 0 spiro atoms. The second-order valence-corrected chi connectivity index (χ2v) is 4.55. The first kappa shape index (κ1) is 10.5. The largest absolute Gasteiger partial charge is 0.371 e. The number of halogens is 1. The van der Waals surface area contributed by atoms with Gasteiger partial charge < -0.3 is 4.90 Å². The van der Waals surface area contributed by atoms with Crippen molar-refractivity contribution in [3.63, 3.8) is 0 Å². The predicted molar refractivity (Wildman–Crippen MR) is 61.9 cm³/mol. The Morgan fingerprint density at radius 2 is 1.87 bits per heavy atom. The van der Waals surface area contributed by atoms with Crippen LogP contribution in [0.25, 0.3) is 0 Å². The lowest BCUT2D eigenvalue weighted by Crippen LogP contribution is -2.19. The van der Waals surface area contributed by atoms with Gasteiger partial charge in [0.05, 0.1) is 0 Å². The normalized spacial score (nSPS) is 16.4. The summed E-state index contributed by atoms with van der Waals surface area (Å²) in [6, 6.07) is 5.17. The first-order valence-electron chi connectivity index (χ1n) is 5.73. The van der Waals surface area contributed by atoms with Gasteiger partial charge in [-0.15, -0.1) is 0 Å². The highest BCUT2D eigenvalue weighted by Crippen LogP contribution is 2.30. The molecule has 1 aromatic carbocycles. The summed E-state index contributed by atoms with van der Waals surface area (Å²) in [5.41, 5.74) is 2.36. The average Bonchev–Trinajstić information content (AvgIpc) is 2.69. The molecule has 82 valence electrons. The second kappa shape index (κ2) is 4.21. The van der Waals surface area contributed by atoms with E-state index in [1.807, 2.05) is 6.07 Å². The molecule has 2 rings (SSSR count). The quantitative estimate of drug-likeness (QED) is 0.717. The maximum atomic E-state index is 13.2. The van der Waals surface area contributed by atoms with Crippen LogP contribution in [0.2, 0.25) is 0 Å². The van der Waals surface area contributed by atoms with Gasteiger partial charge in [-0.3, -0.25) is 0 Å². The van der Waals surface area contributed by atoms with E-state index in [-0.39, 0.29) is 5.82 Å². The maximum absolute atomic E-state index is 13.2. The van der Waals surface area contributed by atoms with Gasteiger partial charge in [-0.25, -0.2) is 4.39 Å². The van der Waals surface area contributed by atoms with E-state index in [2.05, 4.69) is 18.7 Å². The van der Waals surface area contributed by atoms with Gasteiger partial charge >= 0.3 is 0 Å². The van der Waals surface area contributed by atoms with Crippen LogP contribution in [0.3, 0.4) is 0 Å². The van der Waals surface area contributed by atoms with E-state index in [0.717, 1.165) is 18.8 Å². The van der Waals surface area contributed by atoms with Gasteiger partial charge in [0, 0.05) is 18.8 Å². The molecule has 0 radical (unpaired) electrons. The monoisotopic (exact) mass is 207 g/mol. The first-order valence-corrected chi connectivity index (χ1v) is 5.73. The van der Waals surface area contributed by atoms with Gasteiger partial charge in [-0.1, -0.05) is 19.9 Å². The SMILES string of the molecule is CC(C)c1ccc(F)cc1N1CCCC1. The minimum atomic E-state index is -0.124. The summed E-state index contributed by atoms with van der Waals surface area (Å²) >= 11 is 0. The Morgan fingerprint density at radius 3 is 2.47 bits per heavy atom. The third-order valence-corrected chi connectivity index (χ3v) is 3.06. The molecule has 0 bridgehead atoms. The molecule has 1 heterocycles. The number of benzene rings is 1. The summed E-state index contributed by atoms with van der Waals surface area (Å²) < 4.78 is 13.2. The van der Waals surface area contributed by atoms with Crippen LogP contribution in [-0.2, 0) is 0 Å². The van der Waals surface area contributed by atoms with Crippen LogP contribution >= 0.6 is 0 Å². The molecule has 1 aliphatic rings. The molecule has 0 N–H and O–H groups in total. The van der Waals surface area contributed by atoms with E-state index < -0.39 is 0 Å². The van der Waals surface area contributed by atoms with Gasteiger partial charge in [-0.2, -0.15) is 0 Å². The molecule has 1 nitrogen and oxygen atoms in total. The Kier molecular flexibility index (Phi) is 2.94. The molecule has 0 aliphatic carbocycles. The molecule has 0 saturated carbocycles. The number of nitrogens with zero attached hydrogens (tertiary/aromatic N) is 1. The zero-order valence-electron chi connectivity index (χ0n) is 9.46. The number of anilines is 1. The third kappa shape index (κ3) is 2.14. The van der Waals surface area contributed by atoms with Crippen LogP contribution in [-0.4, -0.2) is 13.1 Å². The van der Waals surface area contributed by atoms with Gasteiger partial charge in [0.1, 0.15) is 5.82 Å². The highest BCUT2D eigenvalue weighted by Gasteiger charge is 2.17. The third-order valence-electron chi connectivity index (χ3n) is 3.06. The average molecular weight is 207 g/mol. The highest BCUT2D eigenvalue weighted by molar-refractivity contribution is 5.55. The minimum Gasteiger partial charge on any atom is -0.371 e. The minimum absolute atomic E-state index is 0.124. The van der Waals surface area contributed by atoms with Crippen molar-refractivity contribution in [2.24, 2.45) is 0 Å². The smallest absolute Gasteiger partial charge is 0.125 e. The van der Waals surface area contributed by atoms with E-state index in [0.29, 0.717) is 5.92 Å². The summed E-state index contributed by atoms with van der Waals surface area (Å²) in [4.78, 5) is 2.30. The van der Waals surface area contributed by atoms with Crippen molar-refractivity contribution >= 4 is 5.69 Å². The fourth-order valence-corrected chi connectivity index (χ4v) is 2.24. The molecule has 15 heavy (non-hydrogen) atoms. The van der Waals surface area contributed by atoms with Crippen LogP contribution < -0.4 is 4.90 Å². The van der Waals surface area contributed by atoms with Crippen LogP contribution in [0.1, 0.15) is 38.2 Å². The summed E-state index contributed by atoms with van der Waals surface area (Å²) in [6.45, 7) is 6.46. The Labute approximate surface area is 90.9 Å². The van der Waals surface area contributed by atoms with Crippen molar-refractivity contribution in [3.05, 3.63) is 29.6 Å². The van der Waals surface area contributed by atoms with E-state index >= 15 is 0 Å². The van der Waals surface area contributed by atoms with Gasteiger partial charge in [0.2, 0.25) is 0 Å². The zero-order chi connectivity index (χ0) is 10.8. The molecule has 1 saturated heterocycles. The molecule has 2 heteroatoms. The summed E-state index contributed by atoms with van der Waals surface area (Å²) in [5.74, 6) is 0.336. The molecule has 0 atom stereocenters. The van der Waals surface area contributed by atoms with Crippen molar-refractivity contribution in [3.8, 4) is 0 Å². The summed E-state index contributed by atoms with van der Waals surface area (Å²) in [5, 5.41) is 0. The predicted octanol–water partition coefficient (Wildman–Crippen LogP) is 3.55. The molecule has 0 amide bonds. The van der Waals surface area contributed by atoms with Crippen molar-refractivity contribution < 1.29 is 4.39 Å². The Bertz CT molecular complexity index is 340. The summed E-state index contributed by atoms with van der Waals surface area (Å²) in [6.07, 6.45) is 2.46. The van der Waals surface area contributed by atoms with Gasteiger partial charge in [0.15, 0.2) is 0 Å². The number of hydrogen-bond acceptors (Lipinski definition) is 1. The lowest BCUT2D eigenvalue weighted by atomic mass is 10.0. The lowest BCUT2D eigenvalue weighted by molar-refractivity contribution is 0.625. The van der Waals surface area contributed by atoms with Crippen LogP contribution in [0.4, 0.5) is 10.1 Å². The van der Waals surface area contributed by atoms with Crippen LogP contribution in [0, 0.1) is 5.82 Å². The fraction of sp³-hybridized carbons (Fsp3) is 0.538. The first-order chi connectivity index (χ1) is 7.18. The van der Waals surface area contributed by atoms with Crippen molar-refractivity contribution in [1.29, 1.82) is 0 Å². The standard InChI is InChI=1S/C13H18FN/c1-10(2)12-6-5-11(14)9-13(12)15-7-3-4-8-15/h5-6,9-10H,3-4,7-8H2,1-2H3. The fourth-order valence-electron chi connectivity index (χ4n) is 2.24. The topological polar surface area (TPSA) is 3.24 Å². The molecule has 0 unspecified atom stereocenters. The molecule has 1 fully saturated rings.